The zero-order chi connectivity index (χ0) is 13.2. The lowest BCUT2D eigenvalue weighted by atomic mass is 10.3. The Bertz CT molecular complexity index is 604. The molecule has 1 aliphatic carbocycles. The molecule has 100 valence electrons. The van der Waals surface area contributed by atoms with Crippen LogP contribution >= 0.6 is 0 Å². The molecule has 19 heavy (non-hydrogen) atoms. The van der Waals surface area contributed by atoms with Gasteiger partial charge in [-0.05, 0) is 25.0 Å². The molecule has 1 aromatic carbocycles. The average molecular weight is 260 g/mol. The fraction of sp³-hybridized carbons (Fsp3) is 0.385. The number of nitrogens with two attached hydrogens (primary N) is 1. The Morgan fingerprint density at radius 2 is 2.32 bits per heavy atom. The largest absolute Gasteiger partial charge is 0.423 e. The Morgan fingerprint density at radius 3 is 3.11 bits per heavy atom. The summed E-state index contributed by atoms with van der Waals surface area (Å²) in [4.78, 5) is 15.7. The zero-order valence-corrected chi connectivity index (χ0v) is 10.5. The van der Waals surface area contributed by atoms with Gasteiger partial charge in [0.15, 0.2) is 5.58 Å². The van der Waals surface area contributed by atoms with E-state index in [-0.39, 0.29) is 5.91 Å². The maximum absolute atomic E-state index is 11.5. The summed E-state index contributed by atoms with van der Waals surface area (Å²) in [5, 5.41) is 5.93. The third-order valence-electron chi connectivity index (χ3n) is 2.98. The van der Waals surface area contributed by atoms with E-state index in [2.05, 4.69) is 15.6 Å². The number of carbonyl (C=O) groups excluding carboxylic acids is 1. The van der Waals surface area contributed by atoms with Gasteiger partial charge in [0, 0.05) is 30.8 Å². The van der Waals surface area contributed by atoms with Gasteiger partial charge in [0.1, 0.15) is 5.52 Å². The first-order valence-electron chi connectivity index (χ1n) is 6.40. The fourth-order valence-corrected chi connectivity index (χ4v) is 1.83. The van der Waals surface area contributed by atoms with Gasteiger partial charge < -0.3 is 20.8 Å². The lowest BCUT2D eigenvalue weighted by Gasteiger charge is -2.03. The molecule has 1 heterocycles. The minimum atomic E-state index is 0.0651. The zero-order valence-electron chi connectivity index (χ0n) is 10.5. The Morgan fingerprint density at radius 1 is 1.47 bits per heavy atom. The molecule has 6 heteroatoms. The highest BCUT2D eigenvalue weighted by molar-refractivity contribution is 5.78. The van der Waals surface area contributed by atoms with Crippen molar-refractivity contribution in [2.45, 2.75) is 25.3 Å². The number of amides is 1. The number of oxazole rings is 1. The van der Waals surface area contributed by atoms with Crippen LogP contribution < -0.4 is 16.4 Å². The summed E-state index contributed by atoms with van der Waals surface area (Å²) >= 11 is 0. The van der Waals surface area contributed by atoms with Crippen molar-refractivity contribution >= 4 is 28.7 Å². The number of hydrogen-bond donors (Lipinski definition) is 3. The first kappa shape index (κ1) is 11.8. The van der Waals surface area contributed by atoms with Crippen LogP contribution in [-0.2, 0) is 4.79 Å². The quantitative estimate of drug-likeness (QED) is 0.708. The molecule has 0 atom stereocenters. The molecule has 0 saturated heterocycles. The molecule has 0 spiro atoms. The molecule has 0 aliphatic heterocycles. The van der Waals surface area contributed by atoms with Crippen molar-refractivity contribution in [1.29, 1.82) is 0 Å². The van der Waals surface area contributed by atoms with Gasteiger partial charge >= 0.3 is 0 Å². The smallest absolute Gasteiger partial charge is 0.295 e. The number of anilines is 2. The first-order valence-corrected chi connectivity index (χ1v) is 6.40. The summed E-state index contributed by atoms with van der Waals surface area (Å²) in [6.07, 6.45) is 2.62. The van der Waals surface area contributed by atoms with Crippen molar-refractivity contribution in [3.05, 3.63) is 18.2 Å². The topological polar surface area (TPSA) is 93.2 Å². The second kappa shape index (κ2) is 4.79. The van der Waals surface area contributed by atoms with E-state index in [1.165, 1.54) is 0 Å². The second-order valence-corrected chi connectivity index (χ2v) is 4.76. The van der Waals surface area contributed by atoms with Crippen LogP contribution in [0, 0.1) is 0 Å². The number of fused-ring (bicyclic) bond motifs is 1. The SMILES string of the molecule is Nc1ccc2nc(NCCC(=O)NC3CC3)oc2c1. The summed E-state index contributed by atoms with van der Waals surface area (Å²) in [6, 6.07) is 6.13. The van der Waals surface area contributed by atoms with Crippen LogP contribution in [0.3, 0.4) is 0 Å². The number of nitrogen functional groups attached to an aromatic ring is 1. The van der Waals surface area contributed by atoms with Crippen molar-refractivity contribution in [2.24, 2.45) is 0 Å². The van der Waals surface area contributed by atoms with Gasteiger partial charge in [0.2, 0.25) is 5.91 Å². The molecule has 1 aromatic heterocycles. The van der Waals surface area contributed by atoms with Crippen molar-refractivity contribution in [1.82, 2.24) is 10.3 Å². The van der Waals surface area contributed by atoms with Gasteiger partial charge in [-0.2, -0.15) is 4.98 Å². The van der Waals surface area contributed by atoms with Gasteiger partial charge in [-0.15, -0.1) is 0 Å². The van der Waals surface area contributed by atoms with E-state index in [0.717, 1.165) is 18.4 Å². The van der Waals surface area contributed by atoms with E-state index in [1.807, 2.05) is 0 Å². The lowest BCUT2D eigenvalue weighted by molar-refractivity contribution is -0.120. The monoisotopic (exact) mass is 260 g/mol. The average Bonchev–Trinajstić information content (AvgIpc) is 3.07. The minimum Gasteiger partial charge on any atom is -0.423 e. The van der Waals surface area contributed by atoms with Gasteiger partial charge in [-0.1, -0.05) is 0 Å². The van der Waals surface area contributed by atoms with Gasteiger partial charge in [-0.25, -0.2) is 0 Å². The van der Waals surface area contributed by atoms with Crippen LogP contribution in [-0.4, -0.2) is 23.5 Å². The number of nitrogens with zero attached hydrogens (tertiary/aromatic N) is 1. The highest BCUT2D eigenvalue weighted by Crippen LogP contribution is 2.21. The van der Waals surface area contributed by atoms with Crippen molar-refractivity contribution in [3.8, 4) is 0 Å². The fourth-order valence-electron chi connectivity index (χ4n) is 1.83. The second-order valence-electron chi connectivity index (χ2n) is 4.76. The highest BCUT2D eigenvalue weighted by atomic mass is 16.4. The van der Waals surface area contributed by atoms with Crippen LogP contribution in [0.4, 0.5) is 11.7 Å². The van der Waals surface area contributed by atoms with Crippen LogP contribution in [0.25, 0.3) is 11.1 Å². The summed E-state index contributed by atoms with van der Waals surface area (Å²) in [5.74, 6) is 0.0651. The Kier molecular flexibility index (Phi) is 2.98. The van der Waals surface area contributed by atoms with Gasteiger partial charge in [-0.3, -0.25) is 4.79 Å². The predicted molar refractivity (Wildman–Crippen MR) is 72.7 cm³/mol. The van der Waals surface area contributed by atoms with E-state index in [1.54, 1.807) is 18.2 Å². The Labute approximate surface area is 110 Å². The standard InChI is InChI=1S/C13H16N4O2/c14-8-1-4-10-11(7-8)19-13(17-10)15-6-5-12(18)16-9-2-3-9/h1,4,7,9H,2-3,5-6,14H2,(H,15,17)(H,16,18). The van der Waals surface area contributed by atoms with Crippen molar-refractivity contribution in [2.75, 3.05) is 17.6 Å². The normalized spacial score (nSPS) is 14.5. The Hall–Kier alpha value is -2.24. The van der Waals surface area contributed by atoms with Gasteiger partial charge in [0.05, 0.1) is 0 Å². The van der Waals surface area contributed by atoms with Gasteiger partial charge in [0.25, 0.3) is 6.01 Å². The highest BCUT2D eigenvalue weighted by Gasteiger charge is 2.22. The maximum Gasteiger partial charge on any atom is 0.295 e. The summed E-state index contributed by atoms with van der Waals surface area (Å²) in [7, 11) is 0. The molecule has 6 nitrogen and oxygen atoms in total. The summed E-state index contributed by atoms with van der Waals surface area (Å²) in [5.41, 5.74) is 7.69. The third kappa shape index (κ3) is 2.96. The molecule has 0 radical (unpaired) electrons. The minimum absolute atomic E-state index is 0.0651. The molecule has 1 fully saturated rings. The molecule has 3 rings (SSSR count). The van der Waals surface area contributed by atoms with E-state index >= 15 is 0 Å². The molecule has 0 bridgehead atoms. The number of rotatable bonds is 5. The van der Waals surface area contributed by atoms with Crippen molar-refractivity contribution < 1.29 is 9.21 Å². The number of benzene rings is 1. The Balaban J connectivity index is 1.54. The van der Waals surface area contributed by atoms with Crippen LogP contribution in [0.1, 0.15) is 19.3 Å². The molecule has 2 aromatic rings. The van der Waals surface area contributed by atoms with Crippen LogP contribution in [0.5, 0.6) is 0 Å². The number of hydrogen-bond acceptors (Lipinski definition) is 5. The molecule has 1 amide bonds. The third-order valence-corrected chi connectivity index (χ3v) is 2.98. The number of carbonyl (C=O) groups is 1. The molecule has 1 saturated carbocycles. The van der Waals surface area contributed by atoms with E-state index < -0.39 is 0 Å². The summed E-state index contributed by atoms with van der Waals surface area (Å²) in [6.45, 7) is 0.501. The molecule has 1 aliphatic rings. The maximum atomic E-state index is 11.5. The first-order chi connectivity index (χ1) is 9.20. The predicted octanol–water partition coefficient (Wildman–Crippen LogP) is 1.49. The molecule has 4 N–H and O–H groups in total. The summed E-state index contributed by atoms with van der Waals surface area (Å²) < 4.78 is 5.49. The van der Waals surface area contributed by atoms with Crippen molar-refractivity contribution in [3.63, 3.8) is 0 Å². The van der Waals surface area contributed by atoms with E-state index in [9.17, 15) is 4.79 Å². The van der Waals surface area contributed by atoms with Crippen LogP contribution in [0.15, 0.2) is 22.6 Å². The number of nitrogens with one attached hydrogen (secondary N) is 2. The molecular weight excluding hydrogens is 244 g/mol. The lowest BCUT2D eigenvalue weighted by Crippen LogP contribution is -2.27. The molecular formula is C13H16N4O2. The van der Waals surface area contributed by atoms with Crippen LogP contribution in [0.2, 0.25) is 0 Å². The van der Waals surface area contributed by atoms with E-state index in [4.69, 9.17) is 10.2 Å². The molecule has 0 unspecified atom stereocenters. The van der Waals surface area contributed by atoms with E-state index in [0.29, 0.717) is 36.3 Å². The number of aromatic nitrogens is 1.